The highest BCUT2D eigenvalue weighted by Crippen LogP contribution is 2.48. The number of Topliss-reactive ketones (excluding diaryl/α,β-unsaturated/α-hetero) is 1. The number of benzene rings is 3. The molecule has 0 amide bonds. The van der Waals surface area contributed by atoms with Crippen molar-refractivity contribution in [2.75, 3.05) is 15.5 Å². The molecule has 3 aromatic carbocycles. The standard InChI is InChI=1S/C28H26ClN3OS/c1-28(2)16-22-25(24(33)17-28)26(18-12-14-19(29)15-13-18)32(23-11-7-6-10-21(23)31-22)27(34)30-20-8-4-3-5-9-20/h3-15,26,31H,16-17H2,1-2H3,(H,30,34)/t26-/m1/s1. The lowest BCUT2D eigenvalue weighted by molar-refractivity contribution is -0.118. The Kier molecular flexibility index (Phi) is 5.92. The molecule has 0 aromatic heterocycles. The fraction of sp³-hybridized carbons (Fsp3) is 0.214. The average molecular weight is 488 g/mol. The fourth-order valence-corrected chi connectivity index (χ4v) is 5.32. The van der Waals surface area contributed by atoms with Crippen molar-refractivity contribution in [1.29, 1.82) is 0 Å². The highest BCUT2D eigenvalue weighted by Gasteiger charge is 2.42. The lowest BCUT2D eigenvalue weighted by Gasteiger charge is -2.38. The summed E-state index contributed by atoms with van der Waals surface area (Å²) in [5.74, 6) is 0.138. The first-order chi connectivity index (χ1) is 16.3. The second kappa shape index (κ2) is 8.90. The summed E-state index contributed by atoms with van der Waals surface area (Å²) in [7, 11) is 0. The van der Waals surface area contributed by atoms with E-state index >= 15 is 0 Å². The molecule has 4 nitrogen and oxygen atoms in total. The van der Waals surface area contributed by atoms with Gasteiger partial charge in [-0.2, -0.15) is 0 Å². The van der Waals surface area contributed by atoms with Gasteiger partial charge in [0.1, 0.15) is 0 Å². The molecule has 172 valence electrons. The second-order valence-electron chi connectivity index (χ2n) is 9.60. The van der Waals surface area contributed by atoms with Crippen molar-refractivity contribution in [3.05, 3.63) is 101 Å². The highest BCUT2D eigenvalue weighted by atomic mass is 35.5. The number of carbonyl (C=O) groups is 1. The van der Waals surface area contributed by atoms with E-state index < -0.39 is 6.04 Å². The number of carbonyl (C=O) groups excluding carboxylic acids is 1. The van der Waals surface area contributed by atoms with Gasteiger partial charge in [0, 0.05) is 28.4 Å². The monoisotopic (exact) mass is 487 g/mol. The van der Waals surface area contributed by atoms with Gasteiger partial charge in [0.25, 0.3) is 0 Å². The van der Waals surface area contributed by atoms with Gasteiger partial charge < -0.3 is 15.5 Å². The van der Waals surface area contributed by atoms with E-state index in [1.165, 1.54) is 0 Å². The van der Waals surface area contributed by atoms with E-state index in [-0.39, 0.29) is 11.2 Å². The van der Waals surface area contributed by atoms with Crippen LogP contribution in [-0.4, -0.2) is 10.9 Å². The minimum atomic E-state index is -0.393. The third-order valence-electron chi connectivity index (χ3n) is 6.33. The van der Waals surface area contributed by atoms with E-state index in [0.717, 1.165) is 40.3 Å². The van der Waals surface area contributed by atoms with Crippen molar-refractivity contribution in [3.8, 4) is 0 Å². The lowest BCUT2D eigenvalue weighted by atomic mass is 9.73. The summed E-state index contributed by atoms with van der Waals surface area (Å²) < 4.78 is 0. The van der Waals surface area contributed by atoms with Crippen LogP contribution in [0.4, 0.5) is 17.1 Å². The van der Waals surface area contributed by atoms with Crippen LogP contribution in [0.5, 0.6) is 0 Å². The van der Waals surface area contributed by atoms with Crippen molar-refractivity contribution in [1.82, 2.24) is 0 Å². The molecule has 0 saturated carbocycles. The number of ketones is 1. The lowest BCUT2D eigenvalue weighted by Crippen LogP contribution is -2.41. The molecule has 0 radical (unpaired) electrons. The van der Waals surface area contributed by atoms with Gasteiger partial charge in [-0.1, -0.05) is 67.9 Å². The summed E-state index contributed by atoms with van der Waals surface area (Å²) in [6, 6.07) is 25.2. The zero-order valence-electron chi connectivity index (χ0n) is 19.1. The zero-order chi connectivity index (χ0) is 23.9. The van der Waals surface area contributed by atoms with Crippen LogP contribution in [0, 0.1) is 5.41 Å². The van der Waals surface area contributed by atoms with Gasteiger partial charge in [-0.05, 0) is 66.0 Å². The van der Waals surface area contributed by atoms with Gasteiger partial charge in [-0.25, -0.2) is 0 Å². The minimum Gasteiger partial charge on any atom is -0.357 e. The number of halogens is 1. The molecule has 3 aromatic rings. The Bertz CT molecular complexity index is 1280. The fourth-order valence-electron chi connectivity index (χ4n) is 4.88. The first kappa shape index (κ1) is 22.6. The number of thiocarbonyl (C=S) groups is 1. The Morgan fingerprint density at radius 2 is 1.68 bits per heavy atom. The van der Waals surface area contributed by atoms with Crippen LogP contribution >= 0.6 is 23.8 Å². The Hall–Kier alpha value is -3.15. The van der Waals surface area contributed by atoms with Crippen molar-refractivity contribution in [2.45, 2.75) is 32.7 Å². The van der Waals surface area contributed by atoms with Crippen LogP contribution in [0.1, 0.15) is 38.3 Å². The van der Waals surface area contributed by atoms with Crippen LogP contribution in [0.25, 0.3) is 0 Å². The van der Waals surface area contributed by atoms with Crippen LogP contribution in [-0.2, 0) is 4.79 Å². The third kappa shape index (κ3) is 4.33. The van der Waals surface area contributed by atoms with E-state index in [0.29, 0.717) is 16.6 Å². The van der Waals surface area contributed by atoms with Crippen LogP contribution < -0.4 is 15.5 Å². The molecule has 0 bridgehead atoms. The predicted molar refractivity (Wildman–Crippen MR) is 144 cm³/mol. The van der Waals surface area contributed by atoms with Crippen LogP contribution in [0.3, 0.4) is 0 Å². The Morgan fingerprint density at radius 3 is 2.41 bits per heavy atom. The zero-order valence-corrected chi connectivity index (χ0v) is 20.7. The van der Waals surface area contributed by atoms with Gasteiger partial charge in [-0.3, -0.25) is 4.79 Å². The number of allylic oxidation sites excluding steroid dienone is 1. The molecule has 1 aliphatic heterocycles. The topological polar surface area (TPSA) is 44.4 Å². The van der Waals surface area contributed by atoms with Crippen LogP contribution in [0.2, 0.25) is 5.02 Å². The largest absolute Gasteiger partial charge is 0.357 e. The number of nitrogens with zero attached hydrogens (tertiary/aromatic N) is 1. The molecule has 0 fully saturated rings. The number of para-hydroxylation sites is 3. The van der Waals surface area contributed by atoms with Crippen molar-refractivity contribution < 1.29 is 4.79 Å². The van der Waals surface area contributed by atoms with Gasteiger partial charge in [0.05, 0.1) is 17.4 Å². The molecule has 5 rings (SSSR count). The number of hydrogen-bond donors (Lipinski definition) is 2. The quantitative estimate of drug-likeness (QED) is 0.370. The summed E-state index contributed by atoms with van der Waals surface area (Å²) in [5.41, 5.74) is 5.28. The molecule has 6 heteroatoms. The van der Waals surface area contributed by atoms with Gasteiger partial charge >= 0.3 is 0 Å². The molecule has 0 spiro atoms. The summed E-state index contributed by atoms with van der Waals surface area (Å²) in [5, 5.41) is 8.17. The molecule has 1 aliphatic carbocycles. The summed E-state index contributed by atoms with van der Waals surface area (Å²) in [4.78, 5) is 15.8. The third-order valence-corrected chi connectivity index (χ3v) is 6.88. The number of hydrogen-bond acceptors (Lipinski definition) is 3. The SMILES string of the molecule is CC1(C)CC(=O)C2=C(C1)Nc1ccccc1N(C(=S)Nc1ccccc1)[C@@H]2c1ccc(Cl)cc1. The Morgan fingerprint density at radius 1 is 1.00 bits per heavy atom. The number of fused-ring (bicyclic) bond motifs is 1. The molecule has 0 unspecified atom stereocenters. The smallest absolute Gasteiger partial charge is 0.178 e. The predicted octanol–water partition coefficient (Wildman–Crippen LogP) is 7.35. The maximum atomic E-state index is 13.7. The van der Waals surface area contributed by atoms with Crippen molar-refractivity contribution >= 4 is 51.8 Å². The van der Waals surface area contributed by atoms with E-state index in [2.05, 4.69) is 29.4 Å². The molecule has 2 N–H and O–H groups in total. The normalized spacial score (nSPS) is 19.0. The summed E-state index contributed by atoms with van der Waals surface area (Å²) >= 11 is 12.2. The molecular weight excluding hydrogens is 462 g/mol. The first-order valence-corrected chi connectivity index (χ1v) is 12.1. The van der Waals surface area contributed by atoms with Gasteiger partial charge in [0.15, 0.2) is 10.9 Å². The van der Waals surface area contributed by atoms with E-state index in [1.54, 1.807) is 0 Å². The minimum absolute atomic E-state index is 0.125. The Labute approximate surface area is 210 Å². The van der Waals surface area contributed by atoms with Gasteiger partial charge in [-0.15, -0.1) is 0 Å². The second-order valence-corrected chi connectivity index (χ2v) is 10.4. The molecule has 2 aliphatic rings. The first-order valence-electron chi connectivity index (χ1n) is 11.4. The van der Waals surface area contributed by atoms with Gasteiger partial charge in [0.2, 0.25) is 0 Å². The highest BCUT2D eigenvalue weighted by molar-refractivity contribution is 7.80. The summed E-state index contributed by atoms with van der Waals surface area (Å²) in [6.07, 6.45) is 1.26. The van der Waals surface area contributed by atoms with E-state index in [1.807, 2.05) is 78.9 Å². The van der Waals surface area contributed by atoms with E-state index in [9.17, 15) is 4.79 Å². The summed E-state index contributed by atoms with van der Waals surface area (Å²) in [6.45, 7) is 4.29. The average Bonchev–Trinajstić information content (AvgIpc) is 2.94. The van der Waals surface area contributed by atoms with Crippen LogP contribution in [0.15, 0.2) is 90.1 Å². The molecule has 1 heterocycles. The number of rotatable bonds is 2. The molecule has 1 atom stereocenters. The van der Waals surface area contributed by atoms with Crippen molar-refractivity contribution in [3.63, 3.8) is 0 Å². The number of anilines is 3. The molecular formula is C28H26ClN3OS. The molecule has 0 saturated heterocycles. The Balaban J connectivity index is 1.72. The van der Waals surface area contributed by atoms with Crippen molar-refractivity contribution in [2.24, 2.45) is 5.41 Å². The maximum Gasteiger partial charge on any atom is 0.178 e. The maximum absolute atomic E-state index is 13.7. The molecule has 34 heavy (non-hydrogen) atoms. The number of nitrogens with one attached hydrogen (secondary N) is 2. The van der Waals surface area contributed by atoms with E-state index in [4.69, 9.17) is 23.8 Å².